The summed E-state index contributed by atoms with van der Waals surface area (Å²) in [4.78, 5) is 28.3. The van der Waals surface area contributed by atoms with Gasteiger partial charge in [0.2, 0.25) is 0 Å². The molecule has 0 saturated carbocycles. The molecule has 1 saturated heterocycles. The van der Waals surface area contributed by atoms with Gasteiger partial charge in [-0.25, -0.2) is 14.0 Å². The lowest BCUT2D eigenvalue weighted by Gasteiger charge is -2.40. The molecule has 0 N–H and O–H groups in total. The molecule has 172 valence electrons. The Morgan fingerprint density at radius 3 is 2.48 bits per heavy atom. The van der Waals surface area contributed by atoms with Crippen molar-refractivity contribution in [1.29, 1.82) is 0 Å². The number of anilines is 1. The molecule has 0 spiro atoms. The number of hydrogen-bond donors (Lipinski definition) is 0. The summed E-state index contributed by atoms with van der Waals surface area (Å²) < 4.78 is 30.7. The molecule has 2 aliphatic rings. The minimum Gasteiger partial charge on any atom is -0.488 e. The van der Waals surface area contributed by atoms with Crippen LogP contribution in [0.15, 0.2) is 12.1 Å². The number of methoxy groups -OCH3 is 1. The van der Waals surface area contributed by atoms with E-state index in [1.54, 1.807) is 11.0 Å². The van der Waals surface area contributed by atoms with Crippen LogP contribution in [0.25, 0.3) is 0 Å². The Kier molecular flexibility index (Phi) is 6.96. The first-order valence-electron chi connectivity index (χ1n) is 10.9. The van der Waals surface area contributed by atoms with Crippen molar-refractivity contribution in [2.75, 3.05) is 38.3 Å². The quantitative estimate of drug-likeness (QED) is 0.661. The lowest BCUT2D eigenvalue weighted by atomic mass is 9.89. The third-order valence-electron chi connectivity index (χ3n) is 5.91. The van der Waals surface area contributed by atoms with Crippen molar-refractivity contribution < 1.29 is 28.2 Å². The van der Waals surface area contributed by atoms with Crippen LogP contribution in [0.4, 0.5) is 14.9 Å². The van der Waals surface area contributed by atoms with Crippen LogP contribution < -0.4 is 9.64 Å². The Morgan fingerprint density at radius 2 is 1.87 bits per heavy atom. The molecule has 2 aliphatic heterocycles. The molecule has 0 radical (unpaired) electrons. The van der Waals surface area contributed by atoms with Gasteiger partial charge in [-0.3, -0.25) is 0 Å². The zero-order valence-corrected chi connectivity index (χ0v) is 19.1. The third-order valence-corrected chi connectivity index (χ3v) is 5.91. The number of piperidine rings is 1. The number of esters is 1. The number of likely N-dealkylation sites (tertiary alicyclic amines) is 1. The van der Waals surface area contributed by atoms with E-state index < -0.39 is 17.4 Å². The zero-order chi connectivity index (χ0) is 22.8. The molecule has 1 fully saturated rings. The lowest BCUT2D eigenvalue weighted by Crippen LogP contribution is -2.47. The maximum absolute atomic E-state index is 14.7. The fourth-order valence-electron chi connectivity index (χ4n) is 4.27. The van der Waals surface area contributed by atoms with Gasteiger partial charge in [0.15, 0.2) is 11.6 Å². The number of benzene rings is 1. The van der Waals surface area contributed by atoms with Gasteiger partial charge in [-0.1, -0.05) is 0 Å². The minimum atomic E-state index is -0.579. The highest BCUT2D eigenvalue weighted by molar-refractivity contribution is 5.91. The van der Waals surface area contributed by atoms with E-state index >= 15 is 0 Å². The van der Waals surface area contributed by atoms with Crippen LogP contribution >= 0.6 is 0 Å². The Morgan fingerprint density at radius 1 is 1.19 bits per heavy atom. The van der Waals surface area contributed by atoms with E-state index in [9.17, 15) is 14.0 Å². The molecular formula is C23H33FN2O5. The molecule has 7 nitrogen and oxygen atoms in total. The number of carbonyl (C=O) groups excluding carboxylic acids is 2. The van der Waals surface area contributed by atoms with Crippen LogP contribution in [0.5, 0.6) is 5.75 Å². The molecule has 3 rings (SSSR count). The van der Waals surface area contributed by atoms with E-state index in [-0.39, 0.29) is 23.4 Å². The smallest absolute Gasteiger partial charge is 0.410 e. The summed E-state index contributed by atoms with van der Waals surface area (Å²) >= 11 is 0. The molecule has 2 heterocycles. The number of rotatable bonds is 3. The van der Waals surface area contributed by atoms with Crippen molar-refractivity contribution in [2.24, 2.45) is 5.92 Å². The van der Waals surface area contributed by atoms with Gasteiger partial charge in [-0.05, 0) is 65.0 Å². The van der Waals surface area contributed by atoms with E-state index in [1.165, 1.54) is 7.11 Å². The van der Waals surface area contributed by atoms with Gasteiger partial charge in [-0.2, -0.15) is 0 Å². The summed E-state index contributed by atoms with van der Waals surface area (Å²) in [6, 6.07) is 2.91. The standard InChI is InChI=1S/C23H33FN2O5/c1-15(16-7-10-25(11-8-16)22(28)31-23(2,3)4)26-9-6-12-30-20-18(24)13-17(14-19(20)26)21(27)29-5/h13-16H,6-12H2,1-5H3/t15-/m0/s1. The Balaban J connectivity index is 1.76. The number of hydrogen-bond acceptors (Lipinski definition) is 6. The maximum atomic E-state index is 14.7. The third kappa shape index (κ3) is 5.40. The van der Waals surface area contributed by atoms with Crippen molar-refractivity contribution in [2.45, 2.75) is 58.6 Å². The summed E-state index contributed by atoms with van der Waals surface area (Å²) in [6.45, 7) is 10.1. The normalized spacial score (nSPS) is 18.5. The summed E-state index contributed by atoms with van der Waals surface area (Å²) in [7, 11) is 1.28. The van der Waals surface area contributed by atoms with Crippen molar-refractivity contribution in [3.8, 4) is 5.75 Å². The van der Waals surface area contributed by atoms with E-state index in [0.717, 1.165) is 25.3 Å². The first kappa shape index (κ1) is 23.2. The molecule has 1 aromatic rings. The monoisotopic (exact) mass is 436 g/mol. The van der Waals surface area contributed by atoms with Crippen molar-refractivity contribution in [3.63, 3.8) is 0 Å². The van der Waals surface area contributed by atoms with Crippen LogP contribution in [0, 0.1) is 11.7 Å². The van der Waals surface area contributed by atoms with Gasteiger partial charge < -0.3 is 24.0 Å². The predicted molar refractivity (Wildman–Crippen MR) is 115 cm³/mol. The highest BCUT2D eigenvalue weighted by atomic mass is 19.1. The van der Waals surface area contributed by atoms with Crippen LogP contribution in [0.3, 0.4) is 0 Å². The highest BCUT2D eigenvalue weighted by Gasteiger charge is 2.33. The topological polar surface area (TPSA) is 68.3 Å². The molecule has 1 aromatic carbocycles. The Hall–Kier alpha value is -2.51. The number of ether oxygens (including phenoxy) is 3. The predicted octanol–water partition coefficient (Wildman–Crippen LogP) is 4.24. The van der Waals surface area contributed by atoms with Crippen LogP contribution in [-0.4, -0.2) is 62.0 Å². The molecule has 31 heavy (non-hydrogen) atoms. The molecule has 8 heteroatoms. The second kappa shape index (κ2) is 9.32. The van der Waals surface area contributed by atoms with Crippen LogP contribution in [-0.2, 0) is 9.47 Å². The van der Waals surface area contributed by atoms with Crippen LogP contribution in [0.1, 0.15) is 57.3 Å². The summed E-state index contributed by atoms with van der Waals surface area (Å²) in [5.74, 6) is -0.640. The first-order valence-corrected chi connectivity index (χ1v) is 10.9. The first-order chi connectivity index (χ1) is 14.6. The van der Waals surface area contributed by atoms with E-state index in [2.05, 4.69) is 11.8 Å². The van der Waals surface area contributed by atoms with E-state index in [1.807, 2.05) is 20.8 Å². The fraction of sp³-hybridized carbons (Fsp3) is 0.652. The average molecular weight is 437 g/mol. The van der Waals surface area contributed by atoms with Crippen LogP contribution in [0.2, 0.25) is 0 Å². The second-order valence-corrected chi connectivity index (χ2v) is 9.24. The highest BCUT2D eigenvalue weighted by Crippen LogP contribution is 2.38. The van der Waals surface area contributed by atoms with Gasteiger partial charge in [0.1, 0.15) is 5.60 Å². The minimum absolute atomic E-state index is 0.0912. The molecular weight excluding hydrogens is 403 g/mol. The Labute approximate surface area is 183 Å². The van der Waals surface area contributed by atoms with E-state index in [4.69, 9.17) is 14.2 Å². The maximum Gasteiger partial charge on any atom is 0.410 e. The van der Waals surface area contributed by atoms with Gasteiger partial charge >= 0.3 is 12.1 Å². The van der Waals surface area contributed by atoms with Crippen molar-refractivity contribution in [1.82, 2.24) is 4.90 Å². The summed E-state index contributed by atoms with van der Waals surface area (Å²) in [5, 5.41) is 0. The van der Waals surface area contributed by atoms with E-state index in [0.29, 0.717) is 37.8 Å². The Bertz CT molecular complexity index is 815. The molecule has 0 aliphatic carbocycles. The van der Waals surface area contributed by atoms with Gasteiger partial charge in [0.25, 0.3) is 0 Å². The van der Waals surface area contributed by atoms with Crippen molar-refractivity contribution in [3.05, 3.63) is 23.5 Å². The second-order valence-electron chi connectivity index (χ2n) is 9.24. The largest absolute Gasteiger partial charge is 0.488 e. The summed E-state index contributed by atoms with van der Waals surface area (Å²) in [5.41, 5.74) is 0.236. The number of carbonyl (C=O) groups is 2. The molecule has 1 atom stereocenters. The number of halogens is 1. The summed E-state index contributed by atoms with van der Waals surface area (Å²) in [6.07, 6.45) is 2.12. The van der Waals surface area contributed by atoms with Crippen molar-refractivity contribution >= 4 is 17.7 Å². The number of nitrogens with zero attached hydrogens (tertiary/aromatic N) is 2. The molecule has 0 bridgehead atoms. The molecule has 0 unspecified atom stereocenters. The average Bonchev–Trinajstić information content (AvgIpc) is 2.94. The number of amides is 1. The number of fused-ring (bicyclic) bond motifs is 1. The van der Waals surface area contributed by atoms with Gasteiger partial charge in [0.05, 0.1) is 25.0 Å². The fourth-order valence-corrected chi connectivity index (χ4v) is 4.27. The van der Waals surface area contributed by atoms with Gasteiger partial charge in [-0.15, -0.1) is 0 Å². The molecule has 1 amide bonds. The lowest BCUT2D eigenvalue weighted by molar-refractivity contribution is 0.0175. The SMILES string of the molecule is COC(=O)c1cc(F)c2c(c1)N([C@@H](C)C1CCN(C(=O)OC(C)(C)C)CC1)CCCO2. The van der Waals surface area contributed by atoms with Gasteiger partial charge in [0, 0.05) is 25.7 Å². The zero-order valence-electron chi connectivity index (χ0n) is 19.1. The molecule has 0 aromatic heterocycles.